The van der Waals surface area contributed by atoms with Gasteiger partial charge in [0.25, 0.3) is 0 Å². The van der Waals surface area contributed by atoms with Crippen molar-refractivity contribution in [2.24, 2.45) is 0 Å². The van der Waals surface area contributed by atoms with Gasteiger partial charge >= 0.3 is 0 Å². The zero-order valence-corrected chi connectivity index (χ0v) is 15.0. The first kappa shape index (κ1) is 18.6. The average Bonchev–Trinajstić information content (AvgIpc) is 2.66. The highest BCUT2D eigenvalue weighted by molar-refractivity contribution is 5.35. The van der Waals surface area contributed by atoms with Gasteiger partial charge in [-0.2, -0.15) is 4.39 Å². The largest absolute Gasteiger partial charge is 0.494 e. The zero-order valence-electron chi connectivity index (χ0n) is 15.0. The van der Waals surface area contributed by atoms with Gasteiger partial charge in [0.15, 0.2) is 23.1 Å². The summed E-state index contributed by atoms with van der Waals surface area (Å²) in [5.41, 5.74) is 1.34. The molecule has 2 nitrogen and oxygen atoms in total. The molecular weight excluding hydrogens is 341 g/mol. The molecular formula is C21H23F3O2. The lowest BCUT2D eigenvalue weighted by molar-refractivity contribution is 0.310. The Labute approximate surface area is 151 Å². The van der Waals surface area contributed by atoms with Crippen LogP contribution in [0.15, 0.2) is 30.3 Å². The molecule has 1 aliphatic rings. The second-order valence-electron chi connectivity index (χ2n) is 6.66. The number of hydrogen-bond acceptors (Lipinski definition) is 2. The van der Waals surface area contributed by atoms with E-state index in [0.717, 1.165) is 31.2 Å². The molecule has 1 aliphatic carbocycles. The van der Waals surface area contributed by atoms with E-state index in [2.05, 4.69) is 0 Å². The summed E-state index contributed by atoms with van der Waals surface area (Å²) in [6, 6.07) is 8.16. The predicted octanol–water partition coefficient (Wildman–Crippen LogP) is 5.95. The summed E-state index contributed by atoms with van der Waals surface area (Å²) in [6.45, 7) is 2.02. The lowest BCUT2D eigenvalue weighted by atomic mass is 9.76. The molecule has 140 valence electrons. The van der Waals surface area contributed by atoms with Crippen molar-refractivity contribution in [3.63, 3.8) is 0 Å². The van der Waals surface area contributed by atoms with Gasteiger partial charge in [0.05, 0.1) is 13.7 Å². The SMILES string of the molecule is CCOc1ccc(C2CCC(c3ccc(OC)c(F)c3)CC2)c(F)c1F. The van der Waals surface area contributed by atoms with Crippen LogP contribution in [0.25, 0.3) is 0 Å². The number of ether oxygens (including phenoxy) is 2. The van der Waals surface area contributed by atoms with Crippen LogP contribution in [-0.2, 0) is 0 Å². The second kappa shape index (κ2) is 8.02. The van der Waals surface area contributed by atoms with Crippen LogP contribution in [0, 0.1) is 17.5 Å². The van der Waals surface area contributed by atoms with Gasteiger partial charge in [0.1, 0.15) is 0 Å². The van der Waals surface area contributed by atoms with Gasteiger partial charge in [0.2, 0.25) is 5.82 Å². The Morgan fingerprint density at radius 3 is 2.15 bits per heavy atom. The minimum atomic E-state index is -0.913. The van der Waals surface area contributed by atoms with Crippen molar-refractivity contribution in [3.05, 3.63) is 58.9 Å². The summed E-state index contributed by atoms with van der Waals surface area (Å²) in [4.78, 5) is 0. The van der Waals surface area contributed by atoms with Gasteiger partial charge in [-0.05, 0) is 73.8 Å². The molecule has 26 heavy (non-hydrogen) atoms. The van der Waals surface area contributed by atoms with E-state index in [9.17, 15) is 13.2 Å². The van der Waals surface area contributed by atoms with Crippen LogP contribution in [-0.4, -0.2) is 13.7 Å². The Balaban J connectivity index is 1.71. The molecule has 1 saturated carbocycles. The molecule has 0 bridgehead atoms. The Morgan fingerprint density at radius 1 is 0.885 bits per heavy atom. The Bertz CT molecular complexity index is 768. The number of methoxy groups -OCH3 is 1. The highest BCUT2D eigenvalue weighted by Gasteiger charge is 2.27. The van der Waals surface area contributed by atoms with Crippen molar-refractivity contribution in [3.8, 4) is 11.5 Å². The second-order valence-corrected chi connectivity index (χ2v) is 6.66. The minimum Gasteiger partial charge on any atom is -0.494 e. The molecule has 0 radical (unpaired) electrons. The van der Waals surface area contributed by atoms with Gasteiger partial charge in [-0.25, -0.2) is 8.78 Å². The Morgan fingerprint density at radius 2 is 1.54 bits per heavy atom. The topological polar surface area (TPSA) is 18.5 Å². The third-order valence-corrected chi connectivity index (χ3v) is 5.19. The maximum absolute atomic E-state index is 14.4. The van der Waals surface area contributed by atoms with Gasteiger partial charge < -0.3 is 9.47 Å². The number of benzene rings is 2. The monoisotopic (exact) mass is 364 g/mol. The fourth-order valence-electron chi connectivity index (χ4n) is 3.80. The Kier molecular flexibility index (Phi) is 5.74. The van der Waals surface area contributed by atoms with E-state index < -0.39 is 11.6 Å². The molecule has 0 N–H and O–H groups in total. The van der Waals surface area contributed by atoms with Crippen LogP contribution < -0.4 is 9.47 Å². The summed E-state index contributed by atoms with van der Waals surface area (Å²) in [6.07, 6.45) is 3.10. The highest BCUT2D eigenvalue weighted by atomic mass is 19.2. The van der Waals surface area contributed by atoms with E-state index in [1.165, 1.54) is 19.2 Å². The molecule has 0 aromatic heterocycles. The van der Waals surface area contributed by atoms with E-state index in [-0.39, 0.29) is 29.2 Å². The Hall–Kier alpha value is -2.17. The van der Waals surface area contributed by atoms with Gasteiger partial charge in [-0.1, -0.05) is 12.1 Å². The van der Waals surface area contributed by atoms with Gasteiger partial charge in [-0.15, -0.1) is 0 Å². The van der Waals surface area contributed by atoms with E-state index in [4.69, 9.17) is 9.47 Å². The molecule has 0 amide bonds. The molecule has 2 aromatic carbocycles. The van der Waals surface area contributed by atoms with E-state index in [1.807, 2.05) is 6.07 Å². The van der Waals surface area contributed by atoms with Crippen molar-refractivity contribution < 1.29 is 22.6 Å². The molecule has 1 fully saturated rings. The summed E-state index contributed by atoms with van der Waals surface area (Å²) in [5, 5.41) is 0. The number of halogens is 3. The molecule has 0 atom stereocenters. The van der Waals surface area contributed by atoms with Crippen molar-refractivity contribution in [1.82, 2.24) is 0 Å². The van der Waals surface area contributed by atoms with E-state index in [0.29, 0.717) is 12.2 Å². The average molecular weight is 364 g/mol. The molecule has 5 heteroatoms. The summed E-state index contributed by atoms with van der Waals surface area (Å²) >= 11 is 0. The molecule has 0 spiro atoms. The van der Waals surface area contributed by atoms with Crippen molar-refractivity contribution >= 4 is 0 Å². The summed E-state index contributed by atoms with van der Waals surface area (Å²) < 4.78 is 52.5. The van der Waals surface area contributed by atoms with Crippen LogP contribution >= 0.6 is 0 Å². The lowest BCUT2D eigenvalue weighted by Gasteiger charge is -2.29. The van der Waals surface area contributed by atoms with Crippen molar-refractivity contribution in [2.75, 3.05) is 13.7 Å². The third-order valence-electron chi connectivity index (χ3n) is 5.19. The van der Waals surface area contributed by atoms with Gasteiger partial charge in [0, 0.05) is 0 Å². The normalized spacial score (nSPS) is 20.0. The maximum Gasteiger partial charge on any atom is 0.200 e. The summed E-state index contributed by atoms with van der Waals surface area (Å²) in [5.74, 6) is -1.71. The fourth-order valence-corrected chi connectivity index (χ4v) is 3.80. The molecule has 0 saturated heterocycles. The first-order chi connectivity index (χ1) is 12.5. The quantitative estimate of drug-likeness (QED) is 0.652. The number of hydrogen-bond donors (Lipinski definition) is 0. The molecule has 0 unspecified atom stereocenters. The smallest absolute Gasteiger partial charge is 0.200 e. The van der Waals surface area contributed by atoms with Gasteiger partial charge in [-0.3, -0.25) is 0 Å². The van der Waals surface area contributed by atoms with Crippen LogP contribution in [0.1, 0.15) is 55.6 Å². The molecule has 3 rings (SSSR count). The molecule has 0 aliphatic heterocycles. The molecule has 0 heterocycles. The predicted molar refractivity (Wildman–Crippen MR) is 94.4 cm³/mol. The maximum atomic E-state index is 14.4. The molecule has 2 aromatic rings. The van der Waals surface area contributed by atoms with Crippen LogP contribution in [0.5, 0.6) is 11.5 Å². The fraction of sp³-hybridized carbons (Fsp3) is 0.429. The van der Waals surface area contributed by atoms with Crippen LogP contribution in [0.2, 0.25) is 0 Å². The van der Waals surface area contributed by atoms with E-state index in [1.54, 1.807) is 19.1 Å². The van der Waals surface area contributed by atoms with Crippen LogP contribution in [0.4, 0.5) is 13.2 Å². The standard InChI is InChI=1S/C21H23F3O2/c1-3-26-19-11-9-16(20(23)21(19)24)14-6-4-13(5-7-14)15-8-10-18(25-2)17(22)12-15/h8-14H,3-7H2,1-2H3. The van der Waals surface area contributed by atoms with Crippen molar-refractivity contribution in [1.29, 1.82) is 0 Å². The van der Waals surface area contributed by atoms with Crippen molar-refractivity contribution in [2.45, 2.75) is 44.4 Å². The zero-order chi connectivity index (χ0) is 18.7. The first-order valence-corrected chi connectivity index (χ1v) is 8.99. The minimum absolute atomic E-state index is 0.0282. The lowest BCUT2D eigenvalue weighted by Crippen LogP contribution is -2.14. The third kappa shape index (κ3) is 3.67. The number of rotatable bonds is 5. The van der Waals surface area contributed by atoms with Crippen LogP contribution in [0.3, 0.4) is 0 Å². The summed E-state index contributed by atoms with van der Waals surface area (Å²) in [7, 11) is 1.44. The highest BCUT2D eigenvalue weighted by Crippen LogP contribution is 2.42. The first-order valence-electron chi connectivity index (χ1n) is 8.99. The van der Waals surface area contributed by atoms with E-state index >= 15 is 0 Å².